The highest BCUT2D eigenvalue weighted by molar-refractivity contribution is 5.89. The van der Waals surface area contributed by atoms with Crippen molar-refractivity contribution in [2.24, 2.45) is 4.99 Å². The molecule has 0 aliphatic carbocycles. The minimum Gasteiger partial charge on any atom is -0.338 e. The number of nitrogens with zero attached hydrogens (tertiary/aromatic N) is 4. The molecule has 0 spiro atoms. The Morgan fingerprint density at radius 1 is 1.24 bits per heavy atom. The van der Waals surface area contributed by atoms with Crippen molar-refractivity contribution in [3.63, 3.8) is 0 Å². The second-order valence-electron chi connectivity index (χ2n) is 6.66. The number of nitrogens with one attached hydrogen (secondary N) is 1. The molecule has 0 radical (unpaired) electrons. The first-order valence-corrected chi connectivity index (χ1v) is 8.77. The van der Waals surface area contributed by atoms with Crippen LogP contribution in [0, 0.1) is 35.3 Å². The standard InChI is InChI=1S/C21H15N5O3/c1-12-7-8-16(19(9-12)26(28)29)23-11-15-13(2)14(10-22)20-24-17-5-3-4-6-18(17)25(20)21(15)27/h3-9,11,24H,1-2H3. The van der Waals surface area contributed by atoms with Crippen LogP contribution in [-0.2, 0) is 0 Å². The summed E-state index contributed by atoms with van der Waals surface area (Å²) in [4.78, 5) is 31.3. The number of nitriles is 1. The first kappa shape index (κ1) is 18.1. The summed E-state index contributed by atoms with van der Waals surface area (Å²) < 4.78 is 1.44. The van der Waals surface area contributed by atoms with E-state index in [1.807, 2.05) is 12.1 Å². The fourth-order valence-corrected chi connectivity index (χ4v) is 3.37. The molecule has 142 valence electrons. The summed E-state index contributed by atoms with van der Waals surface area (Å²) in [5.41, 5.74) is 3.14. The summed E-state index contributed by atoms with van der Waals surface area (Å²) >= 11 is 0. The first-order chi connectivity index (χ1) is 13.9. The van der Waals surface area contributed by atoms with Crippen molar-refractivity contribution in [1.29, 1.82) is 5.26 Å². The number of hydrogen-bond acceptors (Lipinski definition) is 5. The third kappa shape index (κ3) is 2.85. The fourth-order valence-electron chi connectivity index (χ4n) is 3.37. The van der Waals surface area contributed by atoms with Crippen LogP contribution in [0.25, 0.3) is 16.7 Å². The molecule has 0 fully saturated rings. The van der Waals surface area contributed by atoms with Gasteiger partial charge in [-0.3, -0.25) is 19.3 Å². The highest BCUT2D eigenvalue weighted by Crippen LogP contribution is 2.28. The zero-order valence-electron chi connectivity index (χ0n) is 15.6. The third-order valence-electron chi connectivity index (χ3n) is 4.84. The quantitative estimate of drug-likeness (QED) is 0.327. The van der Waals surface area contributed by atoms with E-state index in [1.165, 1.54) is 22.7 Å². The Kier molecular flexibility index (Phi) is 4.20. The summed E-state index contributed by atoms with van der Waals surface area (Å²) in [5.74, 6) is 0. The SMILES string of the molecule is Cc1ccc(N=Cc2c(C)c(C#N)c3[nH]c4ccccc4n3c2=O)c([N+](=O)[O-])c1. The lowest BCUT2D eigenvalue weighted by molar-refractivity contribution is -0.384. The van der Waals surface area contributed by atoms with Gasteiger partial charge in [0, 0.05) is 12.3 Å². The van der Waals surface area contributed by atoms with Gasteiger partial charge in [-0.15, -0.1) is 0 Å². The van der Waals surface area contributed by atoms with E-state index in [4.69, 9.17) is 0 Å². The molecule has 0 bridgehead atoms. The molecule has 29 heavy (non-hydrogen) atoms. The molecule has 4 rings (SSSR count). The average molecular weight is 385 g/mol. The number of nitro benzene ring substituents is 1. The van der Waals surface area contributed by atoms with E-state index in [1.54, 1.807) is 32.0 Å². The summed E-state index contributed by atoms with van der Waals surface area (Å²) in [6.45, 7) is 3.41. The molecule has 0 amide bonds. The van der Waals surface area contributed by atoms with Crippen LogP contribution in [0.4, 0.5) is 11.4 Å². The zero-order valence-corrected chi connectivity index (χ0v) is 15.6. The minimum absolute atomic E-state index is 0.141. The molecule has 4 aromatic rings. The fraction of sp³-hybridized carbons (Fsp3) is 0.0952. The van der Waals surface area contributed by atoms with Crippen molar-refractivity contribution in [3.8, 4) is 6.07 Å². The van der Waals surface area contributed by atoms with Gasteiger partial charge in [-0.05, 0) is 43.2 Å². The van der Waals surface area contributed by atoms with E-state index in [-0.39, 0.29) is 22.5 Å². The van der Waals surface area contributed by atoms with Crippen LogP contribution < -0.4 is 5.56 Å². The molecule has 0 saturated carbocycles. The Morgan fingerprint density at radius 3 is 2.72 bits per heavy atom. The van der Waals surface area contributed by atoms with Crippen molar-refractivity contribution < 1.29 is 4.92 Å². The normalized spacial score (nSPS) is 11.3. The van der Waals surface area contributed by atoms with Crippen molar-refractivity contribution >= 4 is 34.3 Å². The minimum atomic E-state index is -0.511. The number of benzene rings is 2. The molecule has 1 N–H and O–H groups in total. The number of aromatic amines is 1. The number of hydrogen-bond donors (Lipinski definition) is 1. The lowest BCUT2D eigenvalue weighted by Crippen LogP contribution is -2.20. The number of aryl methyl sites for hydroxylation is 1. The zero-order chi connectivity index (χ0) is 20.7. The smallest absolute Gasteiger partial charge is 0.295 e. The number of nitro groups is 1. The Hall–Kier alpha value is -4.25. The molecule has 0 aliphatic rings. The number of imidazole rings is 1. The van der Waals surface area contributed by atoms with Crippen molar-refractivity contribution in [2.75, 3.05) is 0 Å². The molecule has 2 aromatic heterocycles. The summed E-state index contributed by atoms with van der Waals surface area (Å²) in [7, 11) is 0. The summed E-state index contributed by atoms with van der Waals surface area (Å²) in [6.07, 6.45) is 1.30. The Labute approximate surface area is 164 Å². The topological polar surface area (TPSA) is 117 Å². The number of para-hydroxylation sites is 2. The Bertz CT molecular complexity index is 1440. The summed E-state index contributed by atoms with van der Waals surface area (Å²) in [5, 5.41) is 21.0. The van der Waals surface area contributed by atoms with E-state index < -0.39 is 4.92 Å². The molecule has 0 saturated heterocycles. The van der Waals surface area contributed by atoms with Gasteiger partial charge in [0.25, 0.3) is 11.2 Å². The van der Waals surface area contributed by atoms with Crippen molar-refractivity contribution in [1.82, 2.24) is 9.38 Å². The maximum absolute atomic E-state index is 13.2. The second-order valence-corrected chi connectivity index (χ2v) is 6.66. The van der Waals surface area contributed by atoms with Crippen LogP contribution in [0.5, 0.6) is 0 Å². The molecule has 2 aromatic carbocycles. The van der Waals surface area contributed by atoms with Crippen molar-refractivity contribution in [3.05, 3.63) is 85.2 Å². The van der Waals surface area contributed by atoms with E-state index >= 15 is 0 Å². The maximum Gasteiger partial charge on any atom is 0.295 e. The Morgan fingerprint density at radius 2 is 2.00 bits per heavy atom. The first-order valence-electron chi connectivity index (χ1n) is 8.77. The van der Waals surface area contributed by atoms with Crippen molar-refractivity contribution in [2.45, 2.75) is 13.8 Å². The van der Waals surface area contributed by atoms with Gasteiger partial charge in [0.1, 0.15) is 17.4 Å². The highest BCUT2D eigenvalue weighted by atomic mass is 16.6. The van der Waals surface area contributed by atoms with E-state index in [2.05, 4.69) is 16.0 Å². The number of rotatable bonds is 3. The molecular weight excluding hydrogens is 370 g/mol. The molecular formula is C21H15N5O3. The molecule has 8 heteroatoms. The lowest BCUT2D eigenvalue weighted by atomic mass is 10.1. The summed E-state index contributed by atoms with van der Waals surface area (Å²) in [6, 6.07) is 14.1. The number of aromatic nitrogens is 2. The van der Waals surface area contributed by atoms with E-state index in [0.717, 1.165) is 11.1 Å². The highest BCUT2D eigenvalue weighted by Gasteiger charge is 2.18. The van der Waals surface area contributed by atoms with Crippen LogP contribution in [0.3, 0.4) is 0 Å². The number of aliphatic imine (C=N–C) groups is 1. The van der Waals surface area contributed by atoms with Crippen LogP contribution in [0.1, 0.15) is 22.3 Å². The molecule has 0 aliphatic heterocycles. The van der Waals surface area contributed by atoms with Crippen LogP contribution >= 0.6 is 0 Å². The van der Waals surface area contributed by atoms with Crippen LogP contribution in [0.15, 0.2) is 52.3 Å². The molecule has 0 unspecified atom stereocenters. The maximum atomic E-state index is 13.2. The van der Waals surface area contributed by atoms with E-state index in [0.29, 0.717) is 22.3 Å². The van der Waals surface area contributed by atoms with Gasteiger partial charge in [-0.25, -0.2) is 4.99 Å². The van der Waals surface area contributed by atoms with Crippen LogP contribution in [0.2, 0.25) is 0 Å². The largest absolute Gasteiger partial charge is 0.338 e. The number of pyridine rings is 1. The second kappa shape index (κ2) is 6.73. The number of H-pyrrole nitrogens is 1. The predicted molar refractivity (Wildman–Crippen MR) is 110 cm³/mol. The van der Waals surface area contributed by atoms with Gasteiger partial charge >= 0.3 is 0 Å². The number of fused-ring (bicyclic) bond motifs is 3. The molecule has 8 nitrogen and oxygen atoms in total. The van der Waals surface area contributed by atoms with Gasteiger partial charge in [0.15, 0.2) is 0 Å². The van der Waals surface area contributed by atoms with Gasteiger partial charge in [0.05, 0.1) is 27.1 Å². The predicted octanol–water partition coefficient (Wildman–Crippen LogP) is 3.93. The molecule has 0 atom stereocenters. The Balaban J connectivity index is 1.99. The van der Waals surface area contributed by atoms with E-state index in [9.17, 15) is 20.2 Å². The lowest BCUT2D eigenvalue weighted by Gasteiger charge is -2.05. The van der Waals surface area contributed by atoms with Gasteiger partial charge in [0.2, 0.25) is 0 Å². The molecule has 2 heterocycles. The van der Waals surface area contributed by atoms with Gasteiger partial charge in [-0.2, -0.15) is 5.26 Å². The van der Waals surface area contributed by atoms with Gasteiger partial charge < -0.3 is 4.98 Å². The van der Waals surface area contributed by atoms with Crippen LogP contribution in [-0.4, -0.2) is 20.5 Å². The average Bonchev–Trinajstić information content (AvgIpc) is 3.08. The third-order valence-corrected chi connectivity index (χ3v) is 4.84. The van der Waals surface area contributed by atoms with Gasteiger partial charge in [-0.1, -0.05) is 18.2 Å². The monoisotopic (exact) mass is 385 g/mol.